The second-order valence-electron chi connectivity index (χ2n) is 4.89. The summed E-state index contributed by atoms with van der Waals surface area (Å²) in [5, 5.41) is 21.7. The molecule has 1 aliphatic heterocycles. The number of carbonyl (C=O) groups excluding carboxylic acids is 1. The number of phenols is 2. The summed E-state index contributed by atoms with van der Waals surface area (Å²) in [5.74, 6) is -0.693. The number of hydrogen-bond donors (Lipinski definition) is 2. The van der Waals surface area contributed by atoms with Crippen LogP contribution in [0.1, 0.15) is 33.8 Å². The molecule has 0 saturated heterocycles. The average Bonchev–Trinajstić information content (AvgIpc) is 2.88. The lowest BCUT2D eigenvalue weighted by Gasteiger charge is -2.34. The maximum absolute atomic E-state index is 12.6. The standard InChI is InChI=1S/C15H15NO3S/c1-9-10-6-8-20-13(10)5-7-16(9)15(19)14-11(17)3-2-4-12(14)18/h2-4,6,8-9,17-18H,5,7H2,1H3. The molecule has 1 aliphatic rings. The molecule has 1 unspecified atom stereocenters. The Morgan fingerprint density at radius 2 is 2.00 bits per heavy atom. The zero-order valence-electron chi connectivity index (χ0n) is 11.0. The Bertz CT molecular complexity index is 645. The molecule has 2 N–H and O–H groups in total. The number of amides is 1. The Morgan fingerprint density at radius 1 is 1.30 bits per heavy atom. The first kappa shape index (κ1) is 13.0. The highest BCUT2D eigenvalue weighted by molar-refractivity contribution is 7.10. The van der Waals surface area contributed by atoms with Crippen LogP contribution in [0.2, 0.25) is 0 Å². The number of aromatic hydroxyl groups is 2. The van der Waals surface area contributed by atoms with Crippen molar-refractivity contribution in [2.45, 2.75) is 19.4 Å². The van der Waals surface area contributed by atoms with Crippen molar-refractivity contribution in [2.75, 3.05) is 6.54 Å². The molecule has 3 rings (SSSR count). The number of hydrogen-bond acceptors (Lipinski definition) is 4. The second kappa shape index (κ2) is 4.83. The lowest BCUT2D eigenvalue weighted by atomic mass is 10.00. The van der Waals surface area contributed by atoms with Crippen LogP contribution in [-0.4, -0.2) is 27.6 Å². The molecule has 0 aliphatic carbocycles. The summed E-state index contributed by atoms with van der Waals surface area (Å²) in [6.45, 7) is 2.57. The summed E-state index contributed by atoms with van der Waals surface area (Å²) in [7, 11) is 0. The van der Waals surface area contributed by atoms with Crippen molar-refractivity contribution < 1.29 is 15.0 Å². The van der Waals surface area contributed by atoms with Crippen LogP contribution in [0.3, 0.4) is 0 Å². The first-order chi connectivity index (χ1) is 9.59. The van der Waals surface area contributed by atoms with Crippen molar-refractivity contribution in [3.63, 3.8) is 0 Å². The monoisotopic (exact) mass is 289 g/mol. The van der Waals surface area contributed by atoms with E-state index in [2.05, 4.69) is 0 Å². The maximum Gasteiger partial charge on any atom is 0.261 e. The van der Waals surface area contributed by atoms with Gasteiger partial charge in [0.1, 0.15) is 17.1 Å². The van der Waals surface area contributed by atoms with Gasteiger partial charge in [-0.1, -0.05) is 6.07 Å². The minimum Gasteiger partial charge on any atom is -0.507 e. The molecule has 20 heavy (non-hydrogen) atoms. The molecule has 0 saturated carbocycles. The fraction of sp³-hybridized carbons (Fsp3) is 0.267. The molecule has 1 atom stereocenters. The summed E-state index contributed by atoms with van der Waals surface area (Å²) in [6.07, 6.45) is 0.817. The molecule has 5 heteroatoms. The van der Waals surface area contributed by atoms with Crippen LogP contribution in [0, 0.1) is 0 Å². The summed E-state index contributed by atoms with van der Waals surface area (Å²) < 4.78 is 0. The topological polar surface area (TPSA) is 60.8 Å². The van der Waals surface area contributed by atoms with Gasteiger partial charge in [0.15, 0.2) is 0 Å². The molecule has 0 spiro atoms. The van der Waals surface area contributed by atoms with Gasteiger partial charge in [-0.25, -0.2) is 0 Å². The van der Waals surface area contributed by atoms with Crippen LogP contribution in [-0.2, 0) is 6.42 Å². The van der Waals surface area contributed by atoms with E-state index in [4.69, 9.17) is 0 Å². The third-order valence-electron chi connectivity index (χ3n) is 3.77. The smallest absolute Gasteiger partial charge is 0.261 e. The Labute approximate surface area is 120 Å². The van der Waals surface area contributed by atoms with E-state index in [1.165, 1.54) is 23.1 Å². The van der Waals surface area contributed by atoms with Crippen LogP contribution < -0.4 is 0 Å². The molecular weight excluding hydrogens is 274 g/mol. The van der Waals surface area contributed by atoms with E-state index in [0.717, 1.165) is 12.0 Å². The van der Waals surface area contributed by atoms with E-state index in [0.29, 0.717) is 6.54 Å². The summed E-state index contributed by atoms with van der Waals surface area (Å²) >= 11 is 1.71. The van der Waals surface area contributed by atoms with Crippen LogP contribution in [0.4, 0.5) is 0 Å². The normalized spacial score (nSPS) is 17.9. The third-order valence-corrected chi connectivity index (χ3v) is 4.77. The van der Waals surface area contributed by atoms with Crippen LogP contribution in [0.15, 0.2) is 29.6 Å². The van der Waals surface area contributed by atoms with Crippen molar-refractivity contribution in [2.24, 2.45) is 0 Å². The van der Waals surface area contributed by atoms with Crippen molar-refractivity contribution in [1.29, 1.82) is 0 Å². The Hall–Kier alpha value is -2.01. The molecule has 104 valence electrons. The zero-order valence-corrected chi connectivity index (χ0v) is 11.9. The lowest BCUT2D eigenvalue weighted by molar-refractivity contribution is 0.0673. The summed E-state index contributed by atoms with van der Waals surface area (Å²) in [5.41, 5.74) is 1.14. The molecule has 0 fully saturated rings. The molecular formula is C15H15NO3S. The molecule has 1 amide bonds. The SMILES string of the molecule is CC1c2ccsc2CCN1C(=O)c1c(O)cccc1O. The minimum atomic E-state index is -0.329. The van der Waals surface area contributed by atoms with Gasteiger partial charge in [0.2, 0.25) is 0 Å². The number of rotatable bonds is 1. The highest BCUT2D eigenvalue weighted by Crippen LogP contribution is 2.36. The number of carbonyl (C=O) groups is 1. The van der Waals surface area contributed by atoms with E-state index in [-0.39, 0.29) is 29.0 Å². The van der Waals surface area contributed by atoms with Gasteiger partial charge in [-0.3, -0.25) is 4.79 Å². The third kappa shape index (κ3) is 1.94. The quantitative estimate of drug-likeness (QED) is 0.848. The Kier molecular flexibility index (Phi) is 3.14. The van der Waals surface area contributed by atoms with Gasteiger partial charge in [0.25, 0.3) is 5.91 Å². The van der Waals surface area contributed by atoms with Gasteiger partial charge in [0.05, 0.1) is 6.04 Å². The highest BCUT2D eigenvalue weighted by atomic mass is 32.1. The largest absolute Gasteiger partial charge is 0.507 e. The predicted molar refractivity (Wildman–Crippen MR) is 77.2 cm³/mol. The Balaban J connectivity index is 1.96. The predicted octanol–water partition coefficient (Wildman–Crippen LogP) is 2.92. The van der Waals surface area contributed by atoms with Crippen molar-refractivity contribution in [3.8, 4) is 11.5 Å². The Morgan fingerprint density at radius 3 is 2.70 bits per heavy atom. The second-order valence-corrected chi connectivity index (χ2v) is 5.90. The molecule has 1 aromatic carbocycles. The van der Waals surface area contributed by atoms with E-state index in [1.54, 1.807) is 16.2 Å². The molecule has 1 aromatic heterocycles. The number of benzene rings is 1. The van der Waals surface area contributed by atoms with Gasteiger partial charge < -0.3 is 15.1 Å². The van der Waals surface area contributed by atoms with E-state index < -0.39 is 0 Å². The summed E-state index contributed by atoms with van der Waals surface area (Å²) in [6, 6.07) is 6.33. The molecule has 0 bridgehead atoms. The van der Waals surface area contributed by atoms with Crippen molar-refractivity contribution in [1.82, 2.24) is 4.90 Å². The first-order valence-electron chi connectivity index (χ1n) is 6.47. The molecule has 2 heterocycles. The van der Waals surface area contributed by atoms with E-state index in [9.17, 15) is 15.0 Å². The van der Waals surface area contributed by atoms with Gasteiger partial charge in [0, 0.05) is 11.4 Å². The zero-order chi connectivity index (χ0) is 14.3. The van der Waals surface area contributed by atoms with Gasteiger partial charge in [-0.05, 0) is 42.5 Å². The highest BCUT2D eigenvalue weighted by Gasteiger charge is 2.31. The maximum atomic E-state index is 12.6. The number of phenolic OH excluding ortho intramolecular Hbond substituents is 2. The number of nitrogens with zero attached hydrogens (tertiary/aromatic N) is 1. The van der Waals surface area contributed by atoms with Crippen LogP contribution in [0.25, 0.3) is 0 Å². The fourth-order valence-corrected chi connectivity index (χ4v) is 3.64. The molecule has 0 radical (unpaired) electrons. The van der Waals surface area contributed by atoms with Gasteiger partial charge in [-0.2, -0.15) is 0 Å². The minimum absolute atomic E-state index is 0.0157. The number of fused-ring (bicyclic) bond motifs is 1. The fourth-order valence-electron chi connectivity index (χ4n) is 2.68. The van der Waals surface area contributed by atoms with Gasteiger partial charge in [-0.15, -0.1) is 11.3 Å². The van der Waals surface area contributed by atoms with Gasteiger partial charge >= 0.3 is 0 Å². The van der Waals surface area contributed by atoms with E-state index in [1.807, 2.05) is 18.4 Å². The van der Waals surface area contributed by atoms with Crippen LogP contribution >= 0.6 is 11.3 Å². The number of thiophene rings is 1. The average molecular weight is 289 g/mol. The van der Waals surface area contributed by atoms with Crippen molar-refractivity contribution >= 4 is 17.2 Å². The molecule has 4 nitrogen and oxygen atoms in total. The first-order valence-corrected chi connectivity index (χ1v) is 7.35. The van der Waals surface area contributed by atoms with Crippen LogP contribution in [0.5, 0.6) is 11.5 Å². The lowest BCUT2D eigenvalue weighted by Crippen LogP contribution is -2.38. The van der Waals surface area contributed by atoms with E-state index >= 15 is 0 Å². The summed E-state index contributed by atoms with van der Waals surface area (Å²) in [4.78, 5) is 15.6. The molecule has 2 aromatic rings. The van der Waals surface area contributed by atoms with Crippen molar-refractivity contribution in [3.05, 3.63) is 45.6 Å².